The molecule has 27 heavy (non-hydrogen) atoms. The molecule has 1 saturated heterocycles. The third kappa shape index (κ3) is 7.53. The van der Waals surface area contributed by atoms with Crippen LogP contribution in [-0.4, -0.2) is 80.7 Å². The first-order chi connectivity index (χ1) is 12.7. The van der Waals surface area contributed by atoms with E-state index in [0.29, 0.717) is 39.3 Å². The van der Waals surface area contributed by atoms with E-state index in [1.165, 1.54) is 11.3 Å². The van der Waals surface area contributed by atoms with Crippen molar-refractivity contribution < 1.29 is 14.3 Å². The van der Waals surface area contributed by atoms with Crippen LogP contribution in [0, 0.1) is 0 Å². The molecule has 1 aromatic rings. The number of halogens is 1. The maximum Gasteiger partial charge on any atom is 0.409 e. The van der Waals surface area contributed by atoms with Gasteiger partial charge in [-0.2, -0.15) is 0 Å². The molecule has 152 valence electrons. The number of hydrogen-bond acceptors (Lipinski definition) is 5. The number of amides is 2. The van der Waals surface area contributed by atoms with Gasteiger partial charge < -0.3 is 25.2 Å². The number of rotatable bonds is 6. The summed E-state index contributed by atoms with van der Waals surface area (Å²) in [4.78, 5) is 32.4. The second-order valence-corrected chi connectivity index (χ2v) is 6.68. The van der Waals surface area contributed by atoms with Gasteiger partial charge in [-0.3, -0.25) is 9.79 Å². The molecule has 1 aliphatic heterocycles. The van der Waals surface area contributed by atoms with Crippen molar-refractivity contribution in [2.24, 2.45) is 4.99 Å². The number of nitrogens with one attached hydrogen (secondary N) is 2. The molecule has 0 atom stereocenters. The minimum Gasteiger partial charge on any atom is -0.450 e. The van der Waals surface area contributed by atoms with Crippen LogP contribution in [-0.2, 0) is 4.74 Å². The Labute approximate surface area is 181 Å². The SMILES string of the molecule is CCOC(=O)N1CCN(C(=NC)NCCCNC(=O)c2cccs2)CC1.I. The van der Waals surface area contributed by atoms with Crippen molar-refractivity contribution in [3.05, 3.63) is 22.4 Å². The Balaban J connectivity index is 0.00000364. The molecule has 0 saturated carbocycles. The quantitative estimate of drug-likeness (QED) is 0.265. The lowest BCUT2D eigenvalue weighted by molar-refractivity contribution is 0.0912. The predicted molar refractivity (Wildman–Crippen MR) is 118 cm³/mol. The predicted octanol–water partition coefficient (Wildman–Crippen LogP) is 1.84. The molecule has 1 aliphatic rings. The van der Waals surface area contributed by atoms with Gasteiger partial charge in [0.05, 0.1) is 11.5 Å². The zero-order chi connectivity index (χ0) is 18.8. The minimum absolute atomic E-state index is 0. The monoisotopic (exact) mass is 509 g/mol. The summed E-state index contributed by atoms with van der Waals surface area (Å²) in [6.07, 6.45) is 0.551. The number of hydrogen-bond donors (Lipinski definition) is 2. The van der Waals surface area contributed by atoms with Gasteiger partial charge >= 0.3 is 6.09 Å². The average molecular weight is 509 g/mol. The van der Waals surface area contributed by atoms with Crippen LogP contribution in [0.15, 0.2) is 22.5 Å². The molecule has 2 heterocycles. The average Bonchev–Trinajstić information content (AvgIpc) is 3.20. The standard InChI is InChI=1S/C17H27N5O3S.HI/c1-3-25-17(24)22-11-9-21(10-12-22)16(18-2)20-8-5-7-19-15(23)14-6-4-13-26-14;/h4,6,13H,3,5,7-12H2,1-2H3,(H,18,20)(H,19,23);1H. The van der Waals surface area contributed by atoms with Gasteiger partial charge in [0.2, 0.25) is 0 Å². The fourth-order valence-electron chi connectivity index (χ4n) is 2.63. The second kappa shape index (κ2) is 12.8. The molecule has 1 fully saturated rings. The van der Waals surface area contributed by atoms with Gasteiger partial charge in [0, 0.05) is 46.3 Å². The Bertz CT molecular complexity index is 604. The smallest absolute Gasteiger partial charge is 0.409 e. The number of carbonyl (C=O) groups is 2. The molecule has 0 radical (unpaired) electrons. The van der Waals surface area contributed by atoms with Crippen molar-refractivity contribution in [2.75, 3.05) is 52.9 Å². The van der Waals surface area contributed by atoms with E-state index in [-0.39, 0.29) is 36.0 Å². The summed E-state index contributed by atoms with van der Waals surface area (Å²) < 4.78 is 5.03. The van der Waals surface area contributed by atoms with Gasteiger partial charge in [0.25, 0.3) is 5.91 Å². The van der Waals surface area contributed by atoms with E-state index in [1.807, 2.05) is 24.4 Å². The number of piperazine rings is 1. The Hall–Kier alpha value is -1.56. The van der Waals surface area contributed by atoms with E-state index >= 15 is 0 Å². The summed E-state index contributed by atoms with van der Waals surface area (Å²) in [5, 5.41) is 8.11. The zero-order valence-corrected chi connectivity index (χ0v) is 18.9. The first-order valence-corrected chi connectivity index (χ1v) is 9.72. The molecule has 1 aromatic heterocycles. The lowest BCUT2D eigenvalue weighted by Gasteiger charge is -2.35. The van der Waals surface area contributed by atoms with Crippen molar-refractivity contribution >= 4 is 53.3 Å². The molecule has 10 heteroatoms. The largest absolute Gasteiger partial charge is 0.450 e. The van der Waals surface area contributed by atoms with Gasteiger partial charge in [0.15, 0.2) is 5.96 Å². The highest BCUT2D eigenvalue weighted by molar-refractivity contribution is 14.0. The summed E-state index contributed by atoms with van der Waals surface area (Å²) in [6, 6.07) is 3.68. The van der Waals surface area contributed by atoms with Crippen molar-refractivity contribution in [3.63, 3.8) is 0 Å². The van der Waals surface area contributed by atoms with Crippen LogP contribution in [0.2, 0.25) is 0 Å². The fraction of sp³-hybridized carbons (Fsp3) is 0.588. The molecule has 0 spiro atoms. The third-order valence-electron chi connectivity index (χ3n) is 3.98. The van der Waals surface area contributed by atoms with E-state index in [9.17, 15) is 9.59 Å². The zero-order valence-electron chi connectivity index (χ0n) is 15.8. The molecule has 0 aromatic carbocycles. The fourth-order valence-corrected chi connectivity index (χ4v) is 3.27. The summed E-state index contributed by atoms with van der Waals surface area (Å²) in [5.41, 5.74) is 0. The maximum atomic E-state index is 11.8. The highest BCUT2D eigenvalue weighted by atomic mass is 127. The van der Waals surface area contributed by atoms with Gasteiger partial charge in [-0.15, -0.1) is 35.3 Å². The number of nitrogens with zero attached hydrogens (tertiary/aromatic N) is 3. The van der Waals surface area contributed by atoms with Crippen LogP contribution in [0.25, 0.3) is 0 Å². The van der Waals surface area contributed by atoms with Crippen molar-refractivity contribution in [1.29, 1.82) is 0 Å². The lowest BCUT2D eigenvalue weighted by atomic mass is 10.3. The summed E-state index contributed by atoms with van der Waals surface area (Å²) >= 11 is 1.44. The number of guanidine groups is 1. The first kappa shape index (κ1) is 23.5. The van der Waals surface area contributed by atoms with Crippen molar-refractivity contribution in [1.82, 2.24) is 20.4 Å². The molecule has 8 nitrogen and oxygen atoms in total. The summed E-state index contributed by atoms with van der Waals surface area (Å²) in [7, 11) is 1.75. The van der Waals surface area contributed by atoms with E-state index in [1.54, 1.807) is 11.9 Å². The maximum absolute atomic E-state index is 11.8. The van der Waals surface area contributed by atoms with Gasteiger partial charge in [-0.1, -0.05) is 6.07 Å². The van der Waals surface area contributed by atoms with E-state index in [0.717, 1.165) is 23.8 Å². The van der Waals surface area contributed by atoms with Gasteiger partial charge in [0.1, 0.15) is 0 Å². The summed E-state index contributed by atoms with van der Waals surface area (Å²) in [5.74, 6) is 0.789. The van der Waals surface area contributed by atoms with Crippen LogP contribution >= 0.6 is 35.3 Å². The number of thiophene rings is 1. The second-order valence-electron chi connectivity index (χ2n) is 5.73. The number of ether oxygens (including phenoxy) is 1. The molecule has 0 aliphatic carbocycles. The Morgan fingerprint density at radius 1 is 1.19 bits per heavy atom. The van der Waals surface area contributed by atoms with Crippen LogP contribution < -0.4 is 10.6 Å². The summed E-state index contributed by atoms with van der Waals surface area (Å²) in [6.45, 7) is 6.20. The molecular formula is C17H28IN5O3S. The normalized spacial score (nSPS) is 14.4. The van der Waals surface area contributed by atoms with Crippen LogP contribution in [0.4, 0.5) is 4.79 Å². The molecule has 2 N–H and O–H groups in total. The Morgan fingerprint density at radius 2 is 1.85 bits per heavy atom. The van der Waals surface area contributed by atoms with E-state index < -0.39 is 0 Å². The van der Waals surface area contributed by atoms with Crippen LogP contribution in [0.3, 0.4) is 0 Å². The van der Waals surface area contributed by atoms with Gasteiger partial charge in [-0.25, -0.2) is 4.79 Å². The lowest BCUT2D eigenvalue weighted by Crippen LogP contribution is -2.54. The Kier molecular flexibility index (Phi) is 11.1. The van der Waals surface area contributed by atoms with Crippen molar-refractivity contribution in [2.45, 2.75) is 13.3 Å². The van der Waals surface area contributed by atoms with E-state index in [4.69, 9.17) is 4.74 Å². The van der Waals surface area contributed by atoms with E-state index in [2.05, 4.69) is 20.5 Å². The van der Waals surface area contributed by atoms with Crippen LogP contribution in [0.1, 0.15) is 23.0 Å². The third-order valence-corrected chi connectivity index (χ3v) is 4.85. The first-order valence-electron chi connectivity index (χ1n) is 8.84. The van der Waals surface area contributed by atoms with Crippen LogP contribution in [0.5, 0.6) is 0 Å². The Morgan fingerprint density at radius 3 is 2.44 bits per heavy atom. The molecule has 2 amide bonds. The number of aliphatic imine (C=N–C) groups is 1. The topological polar surface area (TPSA) is 86.3 Å². The molecule has 0 bridgehead atoms. The molecule has 2 rings (SSSR count). The van der Waals surface area contributed by atoms with Gasteiger partial charge in [-0.05, 0) is 24.8 Å². The number of carbonyl (C=O) groups excluding carboxylic acids is 2. The highest BCUT2D eigenvalue weighted by Gasteiger charge is 2.23. The molecule has 0 unspecified atom stereocenters. The van der Waals surface area contributed by atoms with Crippen molar-refractivity contribution in [3.8, 4) is 0 Å². The minimum atomic E-state index is -0.253. The highest BCUT2D eigenvalue weighted by Crippen LogP contribution is 2.07. The molecular weight excluding hydrogens is 481 g/mol.